The minimum Gasteiger partial charge on any atom is -0.445 e. The lowest BCUT2D eigenvalue weighted by Gasteiger charge is -2.36. The molecule has 15 heavy (non-hydrogen) atoms. The van der Waals surface area contributed by atoms with Gasteiger partial charge in [-0.15, -0.1) is 0 Å². The highest BCUT2D eigenvalue weighted by Crippen LogP contribution is 2.35. The quantitative estimate of drug-likeness (QED) is 0.698. The van der Waals surface area contributed by atoms with Crippen LogP contribution in [0.2, 0.25) is 0 Å². The van der Waals surface area contributed by atoms with Crippen LogP contribution in [0.4, 0.5) is 4.79 Å². The van der Waals surface area contributed by atoms with Gasteiger partial charge >= 0.3 is 6.09 Å². The van der Waals surface area contributed by atoms with Crippen LogP contribution in [0.5, 0.6) is 0 Å². The van der Waals surface area contributed by atoms with Gasteiger partial charge in [0.25, 0.3) is 0 Å². The monoisotopic (exact) mass is 210 g/mol. The smallest absolute Gasteiger partial charge is 0.410 e. The second-order valence-corrected chi connectivity index (χ2v) is 4.39. The highest BCUT2D eigenvalue weighted by atomic mass is 16.6. The Hall–Kier alpha value is -1.03. The fraction of sp³-hybridized carbons (Fsp3) is 0.727. The number of amides is 1. The molecule has 0 radical (unpaired) electrons. The number of ether oxygens (including phenoxy) is 1. The largest absolute Gasteiger partial charge is 0.445 e. The number of nitrogens with two attached hydrogens (primary N) is 1. The van der Waals surface area contributed by atoms with E-state index in [-0.39, 0.29) is 12.1 Å². The van der Waals surface area contributed by atoms with E-state index in [1.807, 2.05) is 4.90 Å². The first-order valence-corrected chi connectivity index (χ1v) is 5.54. The Bertz CT molecular complexity index is 253. The molecule has 0 spiro atoms. The van der Waals surface area contributed by atoms with Gasteiger partial charge in [-0.05, 0) is 25.7 Å². The van der Waals surface area contributed by atoms with Crippen LogP contribution in [0.1, 0.15) is 25.7 Å². The number of carbonyl (C=O) groups is 1. The predicted octanol–water partition coefficient (Wildman–Crippen LogP) is 1.26. The third-order valence-electron chi connectivity index (χ3n) is 3.31. The molecule has 0 aromatic heterocycles. The van der Waals surface area contributed by atoms with E-state index in [9.17, 15) is 4.79 Å². The fourth-order valence-corrected chi connectivity index (χ4v) is 2.72. The van der Waals surface area contributed by atoms with E-state index in [0.717, 1.165) is 25.7 Å². The lowest BCUT2D eigenvalue weighted by Crippen LogP contribution is -2.50. The van der Waals surface area contributed by atoms with Crippen LogP contribution >= 0.6 is 0 Å². The number of fused-ring (bicyclic) bond motifs is 2. The maximum absolute atomic E-state index is 11.7. The molecule has 2 aliphatic heterocycles. The van der Waals surface area contributed by atoms with Crippen molar-refractivity contribution in [1.82, 2.24) is 4.90 Å². The van der Waals surface area contributed by atoms with E-state index in [1.54, 1.807) is 6.08 Å². The Balaban J connectivity index is 1.98. The Morgan fingerprint density at radius 3 is 2.60 bits per heavy atom. The zero-order chi connectivity index (χ0) is 10.8. The van der Waals surface area contributed by atoms with E-state index >= 15 is 0 Å². The van der Waals surface area contributed by atoms with Crippen molar-refractivity contribution >= 4 is 6.09 Å². The van der Waals surface area contributed by atoms with Crippen LogP contribution in [-0.2, 0) is 4.74 Å². The Morgan fingerprint density at radius 2 is 2.07 bits per heavy atom. The van der Waals surface area contributed by atoms with Crippen LogP contribution in [0, 0.1) is 0 Å². The molecule has 1 amide bonds. The van der Waals surface area contributed by atoms with Gasteiger partial charge in [0, 0.05) is 18.1 Å². The minimum absolute atomic E-state index is 0.200. The van der Waals surface area contributed by atoms with Gasteiger partial charge < -0.3 is 15.4 Å². The second-order valence-electron chi connectivity index (χ2n) is 4.39. The first-order valence-electron chi connectivity index (χ1n) is 5.54. The summed E-state index contributed by atoms with van der Waals surface area (Å²) in [5, 5.41) is 0. The number of piperidine rings is 1. The standard InChI is InChI=1S/C11H18N2O2/c1-2-5-15-11(14)13-9-3-4-10(13)7-8(12)6-9/h2,8-10H,1,3-7,12H2/t8-,9+,10-. The molecule has 2 fully saturated rings. The highest BCUT2D eigenvalue weighted by molar-refractivity contribution is 5.69. The molecule has 4 heteroatoms. The highest BCUT2D eigenvalue weighted by Gasteiger charge is 2.42. The van der Waals surface area contributed by atoms with Crippen molar-refractivity contribution in [3.05, 3.63) is 12.7 Å². The Morgan fingerprint density at radius 1 is 1.47 bits per heavy atom. The molecule has 0 aliphatic carbocycles. The van der Waals surface area contributed by atoms with Crippen molar-refractivity contribution in [3.63, 3.8) is 0 Å². The van der Waals surface area contributed by atoms with Gasteiger partial charge in [0.05, 0.1) is 0 Å². The molecule has 84 valence electrons. The van der Waals surface area contributed by atoms with Crippen LogP contribution in [0.25, 0.3) is 0 Å². The van der Waals surface area contributed by atoms with Gasteiger partial charge in [-0.3, -0.25) is 0 Å². The molecule has 2 saturated heterocycles. The Kier molecular flexibility index (Phi) is 2.95. The molecule has 2 N–H and O–H groups in total. The molecule has 2 heterocycles. The normalized spacial score (nSPS) is 33.9. The van der Waals surface area contributed by atoms with Gasteiger partial charge in [0.1, 0.15) is 6.61 Å². The first kappa shape index (κ1) is 10.5. The molecule has 0 aromatic rings. The SMILES string of the molecule is C=CCOC(=O)N1[C@@H]2CC[C@H]1C[C@@H](N)C2. The second kappa shape index (κ2) is 4.23. The molecule has 2 rings (SSSR count). The van der Waals surface area contributed by atoms with Crippen LogP contribution in [0.15, 0.2) is 12.7 Å². The van der Waals surface area contributed by atoms with E-state index in [4.69, 9.17) is 10.5 Å². The van der Waals surface area contributed by atoms with Gasteiger partial charge in [0.15, 0.2) is 0 Å². The van der Waals surface area contributed by atoms with Crippen molar-refractivity contribution < 1.29 is 9.53 Å². The molecular formula is C11H18N2O2. The van der Waals surface area contributed by atoms with Crippen molar-refractivity contribution in [1.29, 1.82) is 0 Å². The average Bonchev–Trinajstić information content (AvgIpc) is 2.48. The topological polar surface area (TPSA) is 55.6 Å². The van der Waals surface area contributed by atoms with Crippen LogP contribution in [0.3, 0.4) is 0 Å². The summed E-state index contributed by atoms with van der Waals surface area (Å²) in [4.78, 5) is 13.6. The average molecular weight is 210 g/mol. The number of hydrogen-bond acceptors (Lipinski definition) is 3. The summed E-state index contributed by atoms with van der Waals surface area (Å²) in [6, 6.07) is 0.859. The zero-order valence-corrected chi connectivity index (χ0v) is 8.89. The third kappa shape index (κ3) is 2.00. The van der Waals surface area contributed by atoms with Gasteiger partial charge in [-0.2, -0.15) is 0 Å². The molecule has 2 bridgehead atoms. The van der Waals surface area contributed by atoms with E-state index in [1.165, 1.54) is 0 Å². The van der Waals surface area contributed by atoms with Gasteiger partial charge in [-0.25, -0.2) is 4.79 Å². The third-order valence-corrected chi connectivity index (χ3v) is 3.31. The van der Waals surface area contributed by atoms with E-state index < -0.39 is 0 Å². The fourth-order valence-electron chi connectivity index (χ4n) is 2.72. The lowest BCUT2D eigenvalue weighted by molar-refractivity contribution is 0.0733. The maximum Gasteiger partial charge on any atom is 0.410 e. The molecule has 0 unspecified atom stereocenters. The maximum atomic E-state index is 11.7. The number of carbonyl (C=O) groups excluding carboxylic acids is 1. The minimum atomic E-state index is -0.200. The van der Waals surface area contributed by atoms with E-state index in [2.05, 4.69) is 6.58 Å². The van der Waals surface area contributed by atoms with Crippen molar-refractivity contribution in [3.8, 4) is 0 Å². The molecule has 0 saturated carbocycles. The summed E-state index contributed by atoms with van der Waals surface area (Å²) < 4.78 is 5.07. The van der Waals surface area contributed by atoms with Crippen molar-refractivity contribution in [2.45, 2.75) is 43.8 Å². The zero-order valence-electron chi connectivity index (χ0n) is 8.89. The van der Waals surface area contributed by atoms with E-state index in [0.29, 0.717) is 18.7 Å². The summed E-state index contributed by atoms with van der Waals surface area (Å²) in [7, 11) is 0. The number of hydrogen-bond donors (Lipinski definition) is 1. The van der Waals surface area contributed by atoms with Crippen molar-refractivity contribution in [2.75, 3.05) is 6.61 Å². The summed E-state index contributed by atoms with van der Waals surface area (Å²) in [5.74, 6) is 0. The van der Waals surface area contributed by atoms with Gasteiger partial charge in [-0.1, -0.05) is 12.7 Å². The molecule has 2 aliphatic rings. The summed E-state index contributed by atoms with van der Waals surface area (Å²) in [5.41, 5.74) is 5.92. The number of nitrogens with zero attached hydrogens (tertiary/aromatic N) is 1. The Labute approximate surface area is 90.1 Å². The summed E-state index contributed by atoms with van der Waals surface area (Å²) in [6.45, 7) is 3.82. The molecular weight excluding hydrogens is 192 g/mol. The first-order chi connectivity index (χ1) is 7.22. The number of rotatable bonds is 2. The molecule has 4 nitrogen and oxygen atoms in total. The molecule has 0 aromatic carbocycles. The summed E-state index contributed by atoms with van der Waals surface area (Å²) in [6.07, 6.45) is 5.37. The predicted molar refractivity (Wildman–Crippen MR) is 57.4 cm³/mol. The lowest BCUT2D eigenvalue weighted by atomic mass is 9.99. The van der Waals surface area contributed by atoms with Crippen LogP contribution < -0.4 is 5.73 Å². The molecule has 3 atom stereocenters. The van der Waals surface area contributed by atoms with Crippen molar-refractivity contribution in [2.24, 2.45) is 5.73 Å². The summed E-state index contributed by atoms with van der Waals surface area (Å²) >= 11 is 0. The van der Waals surface area contributed by atoms with Gasteiger partial charge in [0.2, 0.25) is 0 Å². The van der Waals surface area contributed by atoms with Crippen LogP contribution in [-0.4, -0.2) is 35.7 Å².